The summed E-state index contributed by atoms with van der Waals surface area (Å²) in [4.78, 5) is 12.8. The lowest BCUT2D eigenvalue weighted by Crippen LogP contribution is -2.34. The van der Waals surface area contributed by atoms with Crippen LogP contribution in [0.4, 0.5) is 5.69 Å². The molecule has 0 aliphatic heterocycles. The maximum Gasteiger partial charge on any atom is 0.258 e. The summed E-state index contributed by atoms with van der Waals surface area (Å²) in [6.45, 7) is 0. The van der Waals surface area contributed by atoms with E-state index in [-0.39, 0.29) is 16.8 Å². The largest absolute Gasteiger partial charge is 0.508 e. The Morgan fingerprint density at radius 2 is 1.64 bits per heavy atom. The number of anilines is 1. The van der Waals surface area contributed by atoms with Crippen LogP contribution in [0.5, 0.6) is 5.75 Å². The third-order valence-electron chi connectivity index (χ3n) is 4.45. The lowest BCUT2D eigenvalue weighted by Gasteiger charge is -2.13. The lowest BCUT2D eigenvalue weighted by molar-refractivity contribution is 0.0979. The van der Waals surface area contributed by atoms with Crippen molar-refractivity contribution in [1.29, 1.82) is 0 Å². The van der Waals surface area contributed by atoms with Crippen molar-refractivity contribution in [3.63, 3.8) is 0 Å². The quantitative estimate of drug-likeness (QED) is 0.348. The van der Waals surface area contributed by atoms with Crippen LogP contribution in [0.25, 0.3) is 21.5 Å². The van der Waals surface area contributed by atoms with E-state index >= 15 is 0 Å². The monoisotopic (exact) mass is 450 g/mol. The van der Waals surface area contributed by atoms with E-state index in [4.69, 9.17) is 12.2 Å². The number of hydrogen-bond donors (Lipinski definition) is 3. The standard InChI is InChI=1S/C22H15BrN2O2S/c23-19-8-3-5-16-17(19)6-2-7-18(16)21(27)25-22(28)24-20-9-1-4-13-12-14(26)10-11-15(13)20/h1-12,26H,(H2,24,25,27,28). The van der Waals surface area contributed by atoms with Gasteiger partial charge in [0.05, 0.1) is 0 Å². The highest BCUT2D eigenvalue weighted by atomic mass is 79.9. The number of phenols is 1. The normalized spacial score (nSPS) is 10.8. The first kappa shape index (κ1) is 18.4. The molecule has 0 bridgehead atoms. The summed E-state index contributed by atoms with van der Waals surface area (Å²) in [6.07, 6.45) is 0. The van der Waals surface area contributed by atoms with Crippen LogP contribution >= 0.6 is 28.1 Å². The van der Waals surface area contributed by atoms with Gasteiger partial charge in [-0.25, -0.2) is 0 Å². The summed E-state index contributed by atoms with van der Waals surface area (Å²) in [5.41, 5.74) is 1.30. The number of benzene rings is 4. The van der Waals surface area contributed by atoms with Gasteiger partial charge in [0.1, 0.15) is 5.75 Å². The van der Waals surface area contributed by atoms with Gasteiger partial charge in [0.2, 0.25) is 0 Å². The van der Waals surface area contributed by atoms with E-state index in [0.717, 1.165) is 31.7 Å². The van der Waals surface area contributed by atoms with Crippen molar-refractivity contribution in [2.45, 2.75) is 0 Å². The highest BCUT2D eigenvalue weighted by Crippen LogP contribution is 2.27. The molecule has 0 saturated heterocycles. The fourth-order valence-electron chi connectivity index (χ4n) is 3.17. The average molecular weight is 451 g/mol. The van der Waals surface area contributed by atoms with Gasteiger partial charge in [0.15, 0.2) is 5.11 Å². The van der Waals surface area contributed by atoms with Crippen molar-refractivity contribution >= 4 is 66.4 Å². The first-order valence-electron chi connectivity index (χ1n) is 8.54. The molecular formula is C22H15BrN2O2S. The number of aromatic hydroxyl groups is 1. The number of thiocarbonyl (C=S) groups is 1. The Morgan fingerprint density at radius 1 is 0.893 bits per heavy atom. The van der Waals surface area contributed by atoms with Gasteiger partial charge in [0, 0.05) is 21.1 Å². The Bertz CT molecular complexity index is 1240. The summed E-state index contributed by atoms with van der Waals surface area (Å²) < 4.78 is 0.930. The molecular weight excluding hydrogens is 436 g/mol. The molecule has 0 spiro atoms. The van der Waals surface area contributed by atoms with Gasteiger partial charge in [-0.15, -0.1) is 0 Å². The second kappa shape index (κ2) is 7.58. The number of halogens is 1. The van der Waals surface area contributed by atoms with Crippen LogP contribution in [0, 0.1) is 0 Å². The van der Waals surface area contributed by atoms with Crippen molar-refractivity contribution < 1.29 is 9.90 Å². The van der Waals surface area contributed by atoms with Crippen LogP contribution in [0.15, 0.2) is 77.3 Å². The summed E-state index contributed by atoms with van der Waals surface area (Å²) in [5, 5.41) is 19.2. The second-order valence-corrected chi connectivity index (χ2v) is 7.52. The van der Waals surface area contributed by atoms with Crippen molar-refractivity contribution in [3.05, 3.63) is 82.8 Å². The zero-order chi connectivity index (χ0) is 19.7. The Labute approximate surface area is 175 Å². The Hall–Kier alpha value is -2.96. The molecule has 0 aromatic heterocycles. The third-order valence-corrected chi connectivity index (χ3v) is 5.35. The van der Waals surface area contributed by atoms with Crippen LogP contribution in [-0.4, -0.2) is 16.1 Å². The molecule has 0 heterocycles. The van der Waals surface area contributed by atoms with Crippen LogP contribution in [0.3, 0.4) is 0 Å². The van der Waals surface area contributed by atoms with Crippen molar-refractivity contribution in [2.24, 2.45) is 0 Å². The fourth-order valence-corrected chi connectivity index (χ4v) is 3.87. The topological polar surface area (TPSA) is 61.4 Å². The van der Waals surface area contributed by atoms with E-state index in [0.29, 0.717) is 5.56 Å². The van der Waals surface area contributed by atoms with Gasteiger partial charge in [-0.05, 0) is 64.8 Å². The van der Waals surface area contributed by atoms with Crippen LogP contribution in [-0.2, 0) is 0 Å². The van der Waals surface area contributed by atoms with Gasteiger partial charge in [-0.3, -0.25) is 10.1 Å². The smallest absolute Gasteiger partial charge is 0.258 e. The maximum atomic E-state index is 12.8. The molecule has 0 saturated carbocycles. The number of rotatable bonds is 2. The number of amides is 1. The zero-order valence-electron chi connectivity index (χ0n) is 14.6. The van der Waals surface area contributed by atoms with Crippen LogP contribution in [0.1, 0.15) is 10.4 Å². The summed E-state index contributed by atoms with van der Waals surface area (Å²) in [6, 6.07) is 22.0. The minimum atomic E-state index is -0.279. The second-order valence-electron chi connectivity index (χ2n) is 6.26. The fraction of sp³-hybridized carbons (Fsp3) is 0. The highest BCUT2D eigenvalue weighted by molar-refractivity contribution is 9.10. The van der Waals surface area contributed by atoms with Gasteiger partial charge >= 0.3 is 0 Å². The molecule has 28 heavy (non-hydrogen) atoms. The van der Waals surface area contributed by atoms with E-state index in [2.05, 4.69) is 26.6 Å². The summed E-state index contributed by atoms with van der Waals surface area (Å²) >= 11 is 8.86. The molecule has 4 aromatic rings. The molecule has 0 unspecified atom stereocenters. The molecule has 0 aliphatic carbocycles. The molecule has 4 rings (SSSR count). The number of fused-ring (bicyclic) bond motifs is 2. The molecule has 3 N–H and O–H groups in total. The van der Waals surface area contributed by atoms with E-state index in [1.54, 1.807) is 24.3 Å². The first-order chi connectivity index (χ1) is 13.5. The average Bonchev–Trinajstić information content (AvgIpc) is 2.67. The predicted octanol–water partition coefficient (Wildman–Crippen LogP) is 5.59. The van der Waals surface area contributed by atoms with Crippen LogP contribution in [0.2, 0.25) is 0 Å². The molecule has 4 aromatic carbocycles. The first-order valence-corrected chi connectivity index (χ1v) is 9.74. The van der Waals surface area contributed by atoms with Crippen LogP contribution < -0.4 is 10.6 Å². The molecule has 6 heteroatoms. The van der Waals surface area contributed by atoms with E-state index < -0.39 is 0 Å². The Kier molecular flexibility index (Phi) is 4.98. The molecule has 4 nitrogen and oxygen atoms in total. The SMILES string of the molecule is O=C(NC(=S)Nc1cccc2cc(O)ccc12)c1cccc2c(Br)cccc12. The van der Waals surface area contributed by atoms with Gasteiger partial charge < -0.3 is 10.4 Å². The van der Waals surface area contributed by atoms with Gasteiger partial charge in [-0.2, -0.15) is 0 Å². The maximum absolute atomic E-state index is 12.8. The number of nitrogens with one attached hydrogen (secondary N) is 2. The molecule has 0 fully saturated rings. The number of carbonyl (C=O) groups excluding carboxylic acids is 1. The highest BCUT2D eigenvalue weighted by Gasteiger charge is 2.13. The van der Waals surface area contributed by atoms with Gasteiger partial charge in [-0.1, -0.05) is 52.3 Å². The Balaban J connectivity index is 1.58. The minimum Gasteiger partial charge on any atom is -0.508 e. The van der Waals surface area contributed by atoms with Crippen molar-refractivity contribution in [1.82, 2.24) is 5.32 Å². The number of phenolic OH excluding ortho intramolecular Hbond substituents is 1. The lowest BCUT2D eigenvalue weighted by atomic mass is 10.0. The van der Waals surface area contributed by atoms with Gasteiger partial charge in [0.25, 0.3) is 5.91 Å². The summed E-state index contributed by atoms with van der Waals surface area (Å²) in [5.74, 6) is -0.0817. The zero-order valence-corrected chi connectivity index (χ0v) is 17.0. The predicted molar refractivity (Wildman–Crippen MR) is 121 cm³/mol. The number of carbonyl (C=O) groups is 1. The third kappa shape index (κ3) is 3.56. The molecule has 0 aliphatic rings. The van der Waals surface area contributed by atoms with E-state index in [1.165, 1.54) is 0 Å². The molecule has 0 radical (unpaired) electrons. The van der Waals surface area contributed by atoms with E-state index in [1.807, 2.05) is 48.5 Å². The number of hydrogen-bond acceptors (Lipinski definition) is 3. The Morgan fingerprint density at radius 3 is 2.50 bits per heavy atom. The molecule has 1 amide bonds. The summed E-state index contributed by atoms with van der Waals surface area (Å²) in [7, 11) is 0. The van der Waals surface area contributed by atoms with Crippen molar-refractivity contribution in [2.75, 3.05) is 5.32 Å². The minimum absolute atomic E-state index is 0.197. The van der Waals surface area contributed by atoms with Crippen molar-refractivity contribution in [3.8, 4) is 5.75 Å². The molecule has 0 atom stereocenters. The van der Waals surface area contributed by atoms with E-state index in [9.17, 15) is 9.90 Å². The molecule has 138 valence electrons.